The van der Waals surface area contributed by atoms with Crippen molar-refractivity contribution >= 4 is 34.1 Å². The molecule has 136 valence electrons. The number of hydrogen-bond donors (Lipinski definition) is 1. The van der Waals surface area contributed by atoms with E-state index in [2.05, 4.69) is 20.5 Å². The highest BCUT2D eigenvalue weighted by atomic mass is 32.2. The van der Waals surface area contributed by atoms with Crippen LogP contribution in [-0.4, -0.2) is 30.9 Å². The van der Waals surface area contributed by atoms with Crippen LogP contribution in [0.5, 0.6) is 0 Å². The van der Waals surface area contributed by atoms with Gasteiger partial charge < -0.3 is 9.88 Å². The molecule has 1 amide bonds. The van der Waals surface area contributed by atoms with Crippen LogP contribution in [0.2, 0.25) is 0 Å². The summed E-state index contributed by atoms with van der Waals surface area (Å²) in [5.41, 5.74) is 1.29. The Kier molecular flexibility index (Phi) is 5.38. The summed E-state index contributed by atoms with van der Waals surface area (Å²) < 4.78 is 15.7. The molecular weight excluding hydrogens is 373 g/mol. The smallest absolute Gasteiger partial charge is 0.239 e. The molecule has 2 aromatic heterocycles. The van der Waals surface area contributed by atoms with Gasteiger partial charge in [-0.25, -0.2) is 9.37 Å². The number of aromatic nitrogens is 4. The zero-order chi connectivity index (χ0) is 18.8. The van der Waals surface area contributed by atoms with Crippen LogP contribution in [0, 0.1) is 19.7 Å². The number of anilines is 1. The molecule has 0 spiro atoms. The topological polar surface area (TPSA) is 72.7 Å². The molecule has 0 radical (unpaired) electrons. The Morgan fingerprint density at radius 1 is 1.31 bits per heavy atom. The van der Waals surface area contributed by atoms with E-state index >= 15 is 0 Å². The normalized spacial score (nSPS) is 12.2. The molecule has 26 heavy (non-hydrogen) atoms. The number of halogens is 1. The zero-order valence-electron chi connectivity index (χ0n) is 14.8. The predicted octanol–water partition coefficient (Wildman–Crippen LogP) is 3.81. The molecule has 1 N–H and O–H groups in total. The lowest BCUT2D eigenvalue weighted by Crippen LogP contribution is -2.22. The second kappa shape index (κ2) is 7.55. The van der Waals surface area contributed by atoms with Gasteiger partial charge in [0.25, 0.3) is 0 Å². The van der Waals surface area contributed by atoms with Gasteiger partial charge in [0, 0.05) is 11.9 Å². The molecule has 9 heteroatoms. The first kappa shape index (κ1) is 18.5. The lowest BCUT2D eigenvalue weighted by molar-refractivity contribution is -0.115. The second-order valence-corrected chi connectivity index (χ2v) is 8.27. The first-order valence-electron chi connectivity index (χ1n) is 7.92. The van der Waals surface area contributed by atoms with Crippen molar-refractivity contribution in [2.24, 2.45) is 7.05 Å². The lowest BCUT2D eigenvalue weighted by atomic mass is 10.2. The number of nitrogens with one attached hydrogen (secondary N) is 1. The number of benzene rings is 1. The highest BCUT2D eigenvalue weighted by Gasteiger charge is 2.21. The van der Waals surface area contributed by atoms with Crippen LogP contribution in [-0.2, 0) is 11.8 Å². The maximum absolute atomic E-state index is 14.0. The third-order valence-corrected chi connectivity index (χ3v) is 5.98. The van der Waals surface area contributed by atoms with Gasteiger partial charge in [0.05, 0.1) is 16.5 Å². The molecule has 0 saturated heterocycles. The summed E-state index contributed by atoms with van der Waals surface area (Å²) in [6.07, 6.45) is 0. The number of amides is 1. The molecule has 3 aromatic rings. The largest absolute Gasteiger partial charge is 0.305 e. The summed E-state index contributed by atoms with van der Waals surface area (Å²) in [6.45, 7) is 5.65. The minimum absolute atomic E-state index is 0.167. The Labute approximate surface area is 158 Å². The van der Waals surface area contributed by atoms with Crippen molar-refractivity contribution in [2.75, 3.05) is 5.32 Å². The standard InChI is InChI=1S/C17H18FN5OS2/c1-9-10(2)25-16(19-9)20-15(24)11(3)26-17-22-21-14(23(17)4)12-7-5-6-8-13(12)18/h5-8,11H,1-4H3,(H,19,20,24)/t11-/m0/s1. The number of nitrogens with zero attached hydrogens (tertiary/aromatic N) is 4. The first-order chi connectivity index (χ1) is 12.4. The summed E-state index contributed by atoms with van der Waals surface area (Å²) in [7, 11) is 1.75. The Morgan fingerprint density at radius 2 is 2.04 bits per heavy atom. The zero-order valence-corrected chi connectivity index (χ0v) is 16.4. The van der Waals surface area contributed by atoms with E-state index in [1.165, 1.54) is 29.2 Å². The Bertz CT molecular complexity index is 933. The molecule has 1 aromatic carbocycles. The monoisotopic (exact) mass is 391 g/mol. The number of carbonyl (C=O) groups excluding carboxylic acids is 1. The van der Waals surface area contributed by atoms with Crippen LogP contribution < -0.4 is 5.32 Å². The maximum atomic E-state index is 14.0. The van der Waals surface area contributed by atoms with Crippen LogP contribution in [0.3, 0.4) is 0 Å². The number of thioether (sulfide) groups is 1. The van der Waals surface area contributed by atoms with E-state index in [1.54, 1.807) is 36.7 Å². The quantitative estimate of drug-likeness (QED) is 0.670. The van der Waals surface area contributed by atoms with Crippen molar-refractivity contribution in [1.82, 2.24) is 19.7 Å². The van der Waals surface area contributed by atoms with E-state index < -0.39 is 5.25 Å². The van der Waals surface area contributed by atoms with Crippen molar-refractivity contribution < 1.29 is 9.18 Å². The summed E-state index contributed by atoms with van der Waals surface area (Å²) in [5, 5.41) is 11.7. The first-order valence-corrected chi connectivity index (χ1v) is 9.62. The molecule has 0 aliphatic heterocycles. The molecule has 1 atom stereocenters. The molecule has 3 rings (SSSR count). The molecule has 0 aliphatic rings. The lowest BCUT2D eigenvalue weighted by Gasteiger charge is -2.10. The Balaban J connectivity index is 1.72. The van der Waals surface area contributed by atoms with Crippen molar-refractivity contribution in [3.05, 3.63) is 40.7 Å². The van der Waals surface area contributed by atoms with Crippen LogP contribution in [0.25, 0.3) is 11.4 Å². The molecule has 2 heterocycles. The number of carbonyl (C=O) groups is 1. The molecule has 0 saturated carbocycles. The van der Waals surface area contributed by atoms with Gasteiger partial charge in [0.2, 0.25) is 5.91 Å². The van der Waals surface area contributed by atoms with Crippen LogP contribution >= 0.6 is 23.1 Å². The minimum atomic E-state index is -0.407. The van der Waals surface area contributed by atoms with Crippen LogP contribution in [0.15, 0.2) is 29.4 Å². The fourth-order valence-electron chi connectivity index (χ4n) is 2.24. The summed E-state index contributed by atoms with van der Waals surface area (Å²) >= 11 is 2.71. The van der Waals surface area contributed by atoms with Crippen LogP contribution in [0.4, 0.5) is 9.52 Å². The molecule has 0 bridgehead atoms. The van der Waals surface area contributed by atoms with E-state index in [0.29, 0.717) is 21.7 Å². The van der Waals surface area contributed by atoms with Gasteiger partial charge in [-0.1, -0.05) is 23.9 Å². The summed E-state index contributed by atoms with van der Waals surface area (Å²) in [4.78, 5) is 17.8. The maximum Gasteiger partial charge on any atom is 0.239 e. The second-order valence-electron chi connectivity index (χ2n) is 5.75. The van der Waals surface area contributed by atoms with Gasteiger partial charge in [-0.15, -0.1) is 21.5 Å². The number of thiazole rings is 1. The highest BCUT2D eigenvalue weighted by Crippen LogP contribution is 2.28. The third kappa shape index (κ3) is 3.78. The predicted molar refractivity (Wildman–Crippen MR) is 102 cm³/mol. The SMILES string of the molecule is Cc1nc(NC(=O)[C@H](C)Sc2nnc(-c3ccccc3F)n2C)sc1C. The summed E-state index contributed by atoms with van der Waals surface area (Å²) in [5.74, 6) is -0.108. The Hall–Kier alpha value is -2.26. The molecule has 0 unspecified atom stereocenters. The number of rotatable bonds is 5. The highest BCUT2D eigenvalue weighted by molar-refractivity contribution is 8.00. The molecule has 0 fully saturated rings. The van der Waals surface area contributed by atoms with Crippen molar-refractivity contribution in [1.29, 1.82) is 0 Å². The number of hydrogen-bond acceptors (Lipinski definition) is 6. The summed E-state index contributed by atoms with van der Waals surface area (Å²) in [6, 6.07) is 6.40. The third-order valence-electron chi connectivity index (χ3n) is 3.86. The fraction of sp³-hybridized carbons (Fsp3) is 0.294. The van der Waals surface area contributed by atoms with Gasteiger partial charge in [-0.05, 0) is 32.9 Å². The average molecular weight is 391 g/mol. The van der Waals surface area contributed by atoms with Crippen LogP contribution in [0.1, 0.15) is 17.5 Å². The van der Waals surface area contributed by atoms with Crippen molar-refractivity contribution in [3.8, 4) is 11.4 Å². The fourth-order valence-corrected chi connectivity index (χ4v) is 3.87. The van der Waals surface area contributed by atoms with Gasteiger partial charge in [0.1, 0.15) is 5.82 Å². The van der Waals surface area contributed by atoms with Gasteiger partial charge >= 0.3 is 0 Å². The van der Waals surface area contributed by atoms with E-state index in [1.807, 2.05) is 13.8 Å². The minimum Gasteiger partial charge on any atom is -0.305 e. The van der Waals surface area contributed by atoms with E-state index in [-0.39, 0.29) is 11.7 Å². The van der Waals surface area contributed by atoms with Crippen molar-refractivity contribution in [2.45, 2.75) is 31.2 Å². The average Bonchev–Trinajstić information content (AvgIpc) is 3.11. The Morgan fingerprint density at radius 3 is 2.69 bits per heavy atom. The molecule has 0 aliphatic carbocycles. The van der Waals surface area contributed by atoms with E-state index in [4.69, 9.17) is 0 Å². The van der Waals surface area contributed by atoms with E-state index in [9.17, 15) is 9.18 Å². The molecular formula is C17H18FN5OS2. The molecule has 6 nitrogen and oxygen atoms in total. The van der Waals surface area contributed by atoms with E-state index in [0.717, 1.165) is 10.6 Å². The number of aryl methyl sites for hydroxylation is 2. The van der Waals surface area contributed by atoms with Gasteiger partial charge in [-0.2, -0.15) is 0 Å². The van der Waals surface area contributed by atoms with Gasteiger partial charge in [0.15, 0.2) is 16.1 Å². The van der Waals surface area contributed by atoms with Gasteiger partial charge in [-0.3, -0.25) is 4.79 Å². The van der Waals surface area contributed by atoms with Crippen molar-refractivity contribution in [3.63, 3.8) is 0 Å².